The van der Waals surface area contributed by atoms with E-state index >= 15 is 0 Å². The Hall–Kier alpha value is -0.220. The molecule has 0 aromatic carbocycles. The van der Waals surface area contributed by atoms with Crippen molar-refractivity contribution in [2.45, 2.75) is 69.1 Å². The summed E-state index contributed by atoms with van der Waals surface area (Å²) in [6.07, 6.45) is 3.89. The van der Waals surface area contributed by atoms with Gasteiger partial charge in [-0.1, -0.05) is 6.92 Å². The number of hydrogen-bond acceptors (Lipinski definition) is 8. The minimum atomic E-state index is -0.956. The van der Waals surface area contributed by atoms with E-state index in [4.69, 9.17) is 4.74 Å². The second-order valence-corrected chi connectivity index (χ2v) is 7.37. The van der Waals surface area contributed by atoms with Gasteiger partial charge in [-0.15, -0.1) is 11.8 Å². The zero-order valence-corrected chi connectivity index (χ0v) is 14.6. The lowest BCUT2D eigenvalue weighted by Gasteiger charge is -2.26. The van der Waals surface area contributed by atoms with E-state index in [1.807, 2.05) is 6.92 Å². The van der Waals surface area contributed by atoms with Gasteiger partial charge in [0.15, 0.2) is 0 Å². The van der Waals surface area contributed by atoms with Crippen molar-refractivity contribution in [1.82, 2.24) is 10.4 Å². The number of nitrogens with one attached hydrogen (secondary N) is 1. The molecule has 2 unspecified atom stereocenters. The van der Waals surface area contributed by atoms with Gasteiger partial charge in [0.1, 0.15) is 12.5 Å². The van der Waals surface area contributed by atoms with Crippen molar-refractivity contribution < 1.29 is 25.0 Å². The summed E-state index contributed by atoms with van der Waals surface area (Å²) in [6, 6.07) is 0. The van der Waals surface area contributed by atoms with Gasteiger partial charge in [-0.3, -0.25) is 5.32 Å². The molecule has 136 valence electrons. The Morgan fingerprint density at radius 3 is 2.74 bits per heavy atom. The van der Waals surface area contributed by atoms with Crippen molar-refractivity contribution in [1.29, 1.82) is 0 Å². The molecule has 0 aromatic rings. The number of thioether (sulfide) groups is 1. The third-order valence-electron chi connectivity index (χ3n) is 3.90. The Balaban J connectivity index is 2.00. The highest BCUT2D eigenvalue weighted by atomic mass is 32.2. The van der Waals surface area contributed by atoms with Crippen molar-refractivity contribution in [3.8, 4) is 0 Å². The molecule has 7 nitrogen and oxygen atoms in total. The van der Waals surface area contributed by atoms with Crippen molar-refractivity contribution in [2.24, 2.45) is 0 Å². The Morgan fingerprint density at radius 1 is 1.39 bits per heavy atom. The van der Waals surface area contributed by atoms with Gasteiger partial charge in [-0.05, 0) is 25.7 Å². The standard InChI is InChI=1S/C15H30N2O5S/c1-12(9-15(20)17(21)7-2-8-18)23-11-16-10-22-14-5-3-13(19)4-6-14/h8,12-16,19-21H,2-7,9-11H2,1H3. The number of ether oxygens (including phenoxy) is 1. The van der Waals surface area contributed by atoms with Crippen LogP contribution in [0.15, 0.2) is 0 Å². The minimum absolute atomic E-state index is 0.143. The normalized spacial score (nSPS) is 24.6. The lowest BCUT2D eigenvalue weighted by molar-refractivity contribution is -0.197. The van der Waals surface area contributed by atoms with E-state index in [0.29, 0.717) is 25.3 Å². The first-order valence-electron chi connectivity index (χ1n) is 8.22. The number of hydrogen-bond donors (Lipinski definition) is 4. The molecule has 1 rings (SSSR count). The quantitative estimate of drug-likeness (QED) is 0.178. The summed E-state index contributed by atoms with van der Waals surface area (Å²) in [5.74, 6) is 0.697. The second kappa shape index (κ2) is 12.2. The maximum atomic E-state index is 10.2. The Labute approximate surface area is 142 Å². The van der Waals surface area contributed by atoms with Gasteiger partial charge in [0.25, 0.3) is 0 Å². The zero-order valence-electron chi connectivity index (χ0n) is 13.8. The first-order valence-corrected chi connectivity index (χ1v) is 9.27. The predicted molar refractivity (Wildman–Crippen MR) is 89.1 cm³/mol. The zero-order chi connectivity index (χ0) is 17.1. The van der Waals surface area contributed by atoms with E-state index in [9.17, 15) is 20.2 Å². The predicted octanol–water partition coefficient (Wildman–Crippen LogP) is 0.921. The smallest absolute Gasteiger partial charge is 0.130 e. The third-order valence-corrected chi connectivity index (χ3v) is 5.03. The van der Waals surface area contributed by atoms with Crippen LogP contribution in [0.1, 0.15) is 45.4 Å². The first kappa shape index (κ1) is 20.8. The number of carbonyl (C=O) groups excluding carboxylic acids is 1. The van der Waals surface area contributed by atoms with Crippen molar-refractivity contribution in [3.63, 3.8) is 0 Å². The molecular weight excluding hydrogens is 320 g/mol. The van der Waals surface area contributed by atoms with Crippen LogP contribution in [0.2, 0.25) is 0 Å². The Kier molecular flexibility index (Phi) is 11.0. The number of aldehydes is 1. The molecule has 0 spiro atoms. The molecule has 1 fully saturated rings. The van der Waals surface area contributed by atoms with E-state index in [-0.39, 0.29) is 30.4 Å². The highest BCUT2D eigenvalue weighted by molar-refractivity contribution is 7.99. The van der Waals surface area contributed by atoms with Crippen LogP contribution in [0.3, 0.4) is 0 Å². The maximum absolute atomic E-state index is 10.2. The van der Waals surface area contributed by atoms with Gasteiger partial charge in [0, 0.05) is 30.5 Å². The van der Waals surface area contributed by atoms with Gasteiger partial charge in [0.05, 0.1) is 18.9 Å². The van der Waals surface area contributed by atoms with Crippen molar-refractivity contribution in [3.05, 3.63) is 0 Å². The summed E-state index contributed by atoms with van der Waals surface area (Å²) >= 11 is 1.63. The molecule has 0 bridgehead atoms. The number of hydroxylamine groups is 2. The Morgan fingerprint density at radius 2 is 2.09 bits per heavy atom. The molecule has 0 saturated heterocycles. The molecule has 1 aliphatic rings. The third kappa shape index (κ3) is 9.61. The van der Waals surface area contributed by atoms with Crippen molar-refractivity contribution in [2.75, 3.05) is 19.2 Å². The molecular formula is C15H30N2O5S. The van der Waals surface area contributed by atoms with E-state index in [1.165, 1.54) is 0 Å². The number of aliphatic hydroxyl groups is 2. The molecule has 8 heteroatoms. The molecule has 0 radical (unpaired) electrons. The summed E-state index contributed by atoms with van der Waals surface area (Å²) in [4.78, 5) is 10.2. The van der Waals surface area contributed by atoms with Crippen LogP contribution >= 0.6 is 11.8 Å². The van der Waals surface area contributed by atoms with Crippen LogP contribution in [0.4, 0.5) is 0 Å². The van der Waals surface area contributed by atoms with Crippen LogP contribution in [0, 0.1) is 0 Å². The molecule has 23 heavy (non-hydrogen) atoms. The molecule has 4 N–H and O–H groups in total. The van der Waals surface area contributed by atoms with Gasteiger partial charge in [-0.2, -0.15) is 5.06 Å². The molecule has 2 atom stereocenters. The lowest BCUT2D eigenvalue weighted by atomic mass is 9.95. The summed E-state index contributed by atoms with van der Waals surface area (Å²) in [7, 11) is 0. The van der Waals surface area contributed by atoms with E-state index in [0.717, 1.165) is 30.7 Å². The number of aliphatic hydroxyl groups excluding tert-OH is 2. The first-order chi connectivity index (χ1) is 11.0. The molecule has 0 heterocycles. The average molecular weight is 350 g/mol. The fourth-order valence-corrected chi connectivity index (χ4v) is 3.25. The molecule has 1 saturated carbocycles. The molecule has 1 aliphatic carbocycles. The van der Waals surface area contributed by atoms with Crippen LogP contribution in [-0.2, 0) is 9.53 Å². The van der Waals surface area contributed by atoms with Gasteiger partial charge >= 0.3 is 0 Å². The topological polar surface area (TPSA) is 102 Å². The van der Waals surface area contributed by atoms with Gasteiger partial charge < -0.3 is 25.0 Å². The monoisotopic (exact) mass is 350 g/mol. The molecule has 0 amide bonds. The van der Waals surface area contributed by atoms with Crippen molar-refractivity contribution >= 4 is 18.0 Å². The number of carbonyl (C=O) groups is 1. The van der Waals surface area contributed by atoms with Crippen LogP contribution in [-0.4, -0.2) is 69.6 Å². The largest absolute Gasteiger partial charge is 0.393 e. The fraction of sp³-hybridized carbons (Fsp3) is 0.933. The SMILES string of the molecule is CC(CC(O)N(O)CCC=O)SCNCOC1CCC(O)CC1. The lowest BCUT2D eigenvalue weighted by Crippen LogP contribution is -2.35. The van der Waals surface area contributed by atoms with E-state index in [1.54, 1.807) is 11.8 Å². The van der Waals surface area contributed by atoms with Crippen LogP contribution in [0.25, 0.3) is 0 Å². The van der Waals surface area contributed by atoms with Crippen LogP contribution in [0.5, 0.6) is 0 Å². The highest BCUT2D eigenvalue weighted by Crippen LogP contribution is 2.21. The van der Waals surface area contributed by atoms with Gasteiger partial charge in [0.2, 0.25) is 0 Å². The maximum Gasteiger partial charge on any atom is 0.130 e. The van der Waals surface area contributed by atoms with E-state index < -0.39 is 6.23 Å². The number of nitrogens with zero attached hydrogens (tertiary/aromatic N) is 1. The summed E-state index contributed by atoms with van der Waals surface area (Å²) in [6.45, 7) is 2.60. The second-order valence-electron chi connectivity index (χ2n) is 5.95. The summed E-state index contributed by atoms with van der Waals surface area (Å²) in [5.41, 5.74) is 0. The van der Waals surface area contributed by atoms with E-state index in [2.05, 4.69) is 5.32 Å². The summed E-state index contributed by atoms with van der Waals surface area (Å²) in [5, 5.41) is 32.9. The minimum Gasteiger partial charge on any atom is -0.393 e. The van der Waals surface area contributed by atoms with Crippen LogP contribution < -0.4 is 5.32 Å². The molecule has 0 aromatic heterocycles. The average Bonchev–Trinajstić information content (AvgIpc) is 2.53. The van der Waals surface area contributed by atoms with Gasteiger partial charge in [-0.25, -0.2) is 0 Å². The summed E-state index contributed by atoms with van der Waals surface area (Å²) < 4.78 is 5.71. The Bertz CT molecular complexity index is 316. The number of rotatable bonds is 12. The molecule has 0 aliphatic heterocycles. The highest BCUT2D eigenvalue weighted by Gasteiger charge is 2.19. The fourth-order valence-electron chi connectivity index (χ4n) is 2.45.